The van der Waals surface area contributed by atoms with E-state index in [2.05, 4.69) is 5.32 Å². The van der Waals surface area contributed by atoms with Gasteiger partial charge >= 0.3 is 0 Å². The van der Waals surface area contributed by atoms with E-state index in [1.807, 2.05) is 30.3 Å². The number of hydrogen-bond donors (Lipinski definition) is 2. The van der Waals surface area contributed by atoms with E-state index in [1.165, 1.54) is 4.90 Å². The highest BCUT2D eigenvalue weighted by molar-refractivity contribution is 5.97. The zero-order valence-electron chi connectivity index (χ0n) is 10.5. The van der Waals surface area contributed by atoms with Crippen molar-refractivity contribution in [1.29, 1.82) is 0 Å². The predicted octanol–water partition coefficient (Wildman–Crippen LogP) is -0.311. The van der Waals surface area contributed by atoms with Crippen molar-refractivity contribution in [2.45, 2.75) is 31.0 Å². The van der Waals surface area contributed by atoms with E-state index in [-0.39, 0.29) is 18.4 Å². The maximum absolute atomic E-state index is 12.3. The maximum atomic E-state index is 12.3. The van der Waals surface area contributed by atoms with Gasteiger partial charge in [0.15, 0.2) is 0 Å². The number of carbonyl (C=O) groups excluding carboxylic acids is 2. The van der Waals surface area contributed by atoms with Crippen LogP contribution in [0, 0.1) is 0 Å². The van der Waals surface area contributed by atoms with E-state index >= 15 is 0 Å². The van der Waals surface area contributed by atoms with E-state index in [4.69, 9.17) is 0 Å². The molecule has 0 aromatic heterocycles. The van der Waals surface area contributed by atoms with Crippen molar-refractivity contribution in [1.82, 2.24) is 10.2 Å². The van der Waals surface area contributed by atoms with Gasteiger partial charge in [0, 0.05) is 19.4 Å². The van der Waals surface area contributed by atoms with Gasteiger partial charge in [-0.15, -0.1) is 0 Å². The lowest BCUT2D eigenvalue weighted by molar-refractivity contribution is -0.147. The molecule has 1 aromatic carbocycles. The highest BCUT2D eigenvalue weighted by atomic mass is 16.3. The molecule has 2 saturated heterocycles. The number of nitrogens with one attached hydrogen (secondary N) is 1. The lowest BCUT2D eigenvalue weighted by Gasteiger charge is -2.34. The second kappa shape index (κ2) is 4.66. The molecule has 2 N–H and O–H groups in total. The lowest BCUT2D eigenvalue weighted by Crippen LogP contribution is -2.61. The lowest BCUT2D eigenvalue weighted by atomic mass is 10.0. The second-order valence-electron chi connectivity index (χ2n) is 5.15. The van der Waals surface area contributed by atoms with Crippen molar-refractivity contribution in [3.8, 4) is 0 Å². The molecule has 0 saturated carbocycles. The monoisotopic (exact) mass is 260 g/mol. The Balaban J connectivity index is 1.77. The van der Waals surface area contributed by atoms with Crippen LogP contribution in [-0.2, 0) is 16.0 Å². The first-order valence-electron chi connectivity index (χ1n) is 6.48. The minimum absolute atomic E-state index is 0.0926. The van der Waals surface area contributed by atoms with Crippen molar-refractivity contribution in [2.75, 3.05) is 6.54 Å². The molecular weight excluding hydrogens is 244 g/mol. The number of fused-ring (bicyclic) bond motifs is 1. The summed E-state index contributed by atoms with van der Waals surface area (Å²) in [5.41, 5.74) is 1.01. The van der Waals surface area contributed by atoms with Crippen LogP contribution in [0.3, 0.4) is 0 Å². The summed E-state index contributed by atoms with van der Waals surface area (Å²) in [5.74, 6) is -0.248. The van der Waals surface area contributed by atoms with Crippen molar-refractivity contribution in [3.05, 3.63) is 35.9 Å². The summed E-state index contributed by atoms with van der Waals surface area (Å²) in [6.07, 6.45) is 0.246. The zero-order valence-corrected chi connectivity index (χ0v) is 10.5. The number of hydrogen-bond acceptors (Lipinski definition) is 3. The van der Waals surface area contributed by atoms with Crippen LogP contribution in [0.15, 0.2) is 30.3 Å². The van der Waals surface area contributed by atoms with Gasteiger partial charge < -0.3 is 15.3 Å². The Labute approximate surface area is 111 Å². The molecule has 2 aliphatic heterocycles. The van der Waals surface area contributed by atoms with E-state index in [9.17, 15) is 14.7 Å². The van der Waals surface area contributed by atoms with E-state index in [0.717, 1.165) is 5.56 Å². The largest absolute Gasteiger partial charge is 0.391 e. The molecule has 2 heterocycles. The number of piperazine rings is 1. The summed E-state index contributed by atoms with van der Waals surface area (Å²) in [6.45, 7) is 0.266. The molecule has 0 bridgehead atoms. The Bertz CT molecular complexity index is 503. The fraction of sp³-hybridized carbons (Fsp3) is 0.429. The molecule has 100 valence electrons. The Morgan fingerprint density at radius 2 is 2.00 bits per heavy atom. The summed E-state index contributed by atoms with van der Waals surface area (Å²) in [6, 6.07) is 8.59. The predicted molar refractivity (Wildman–Crippen MR) is 68.2 cm³/mol. The molecule has 19 heavy (non-hydrogen) atoms. The quantitative estimate of drug-likeness (QED) is 0.766. The summed E-state index contributed by atoms with van der Waals surface area (Å²) < 4.78 is 0. The number of aliphatic hydroxyl groups excluding tert-OH is 1. The highest BCUT2D eigenvalue weighted by Gasteiger charge is 2.45. The van der Waals surface area contributed by atoms with Gasteiger partial charge in [-0.3, -0.25) is 9.59 Å². The van der Waals surface area contributed by atoms with Crippen molar-refractivity contribution >= 4 is 11.8 Å². The summed E-state index contributed by atoms with van der Waals surface area (Å²) in [7, 11) is 0. The van der Waals surface area contributed by atoms with Gasteiger partial charge in [-0.1, -0.05) is 30.3 Å². The van der Waals surface area contributed by atoms with E-state index < -0.39 is 18.2 Å². The second-order valence-corrected chi connectivity index (χ2v) is 5.15. The van der Waals surface area contributed by atoms with Crippen molar-refractivity contribution in [2.24, 2.45) is 0 Å². The molecule has 2 aliphatic rings. The molecular formula is C14H16N2O3. The van der Waals surface area contributed by atoms with Crippen LogP contribution in [0.4, 0.5) is 0 Å². The van der Waals surface area contributed by atoms with Gasteiger partial charge in [0.05, 0.1) is 6.10 Å². The van der Waals surface area contributed by atoms with Crippen LogP contribution in [0.5, 0.6) is 0 Å². The normalized spacial score (nSPS) is 30.2. The Morgan fingerprint density at radius 3 is 2.74 bits per heavy atom. The minimum Gasteiger partial charge on any atom is -0.391 e. The summed E-state index contributed by atoms with van der Waals surface area (Å²) >= 11 is 0. The third-order valence-corrected chi connectivity index (χ3v) is 3.76. The molecule has 2 amide bonds. The molecule has 0 aliphatic carbocycles. The average Bonchev–Trinajstić information content (AvgIpc) is 2.80. The minimum atomic E-state index is -0.588. The fourth-order valence-corrected chi connectivity index (χ4v) is 2.82. The van der Waals surface area contributed by atoms with Gasteiger partial charge in [0.25, 0.3) is 0 Å². The SMILES string of the molecule is O=C1N[C@@H](Cc2ccccc2)C(=O)N2C[C@@H](O)C[C@@H]12. The van der Waals surface area contributed by atoms with Crippen molar-refractivity contribution in [3.63, 3.8) is 0 Å². The van der Waals surface area contributed by atoms with E-state index in [0.29, 0.717) is 12.8 Å². The Hall–Kier alpha value is -1.88. The smallest absolute Gasteiger partial charge is 0.246 e. The molecule has 1 aromatic rings. The number of rotatable bonds is 2. The van der Waals surface area contributed by atoms with Gasteiger partial charge in [-0.25, -0.2) is 0 Å². The maximum Gasteiger partial charge on any atom is 0.246 e. The van der Waals surface area contributed by atoms with Crippen LogP contribution < -0.4 is 5.32 Å². The van der Waals surface area contributed by atoms with Crippen LogP contribution in [-0.4, -0.2) is 46.6 Å². The molecule has 0 spiro atoms. The molecule has 0 unspecified atom stereocenters. The molecule has 3 atom stereocenters. The van der Waals surface area contributed by atoms with Gasteiger partial charge in [0.1, 0.15) is 12.1 Å². The molecule has 5 heteroatoms. The van der Waals surface area contributed by atoms with Crippen LogP contribution in [0.25, 0.3) is 0 Å². The van der Waals surface area contributed by atoms with Crippen LogP contribution >= 0.6 is 0 Å². The zero-order chi connectivity index (χ0) is 13.4. The first kappa shape index (κ1) is 12.2. The number of amides is 2. The van der Waals surface area contributed by atoms with Crippen LogP contribution in [0.2, 0.25) is 0 Å². The van der Waals surface area contributed by atoms with Gasteiger partial charge in [-0.05, 0) is 5.56 Å². The molecule has 3 rings (SSSR count). The van der Waals surface area contributed by atoms with Crippen LogP contribution in [0.1, 0.15) is 12.0 Å². The first-order chi connectivity index (χ1) is 9.15. The Morgan fingerprint density at radius 1 is 1.26 bits per heavy atom. The standard InChI is InChI=1S/C14H16N2O3/c17-10-7-12-13(18)15-11(14(19)16(12)8-10)6-9-4-2-1-3-5-9/h1-5,10-12,17H,6-8H2,(H,15,18)/t10-,11-,12-/m0/s1. The Kier molecular flexibility index (Phi) is 2.98. The highest BCUT2D eigenvalue weighted by Crippen LogP contribution is 2.23. The molecule has 5 nitrogen and oxygen atoms in total. The summed E-state index contributed by atoms with van der Waals surface area (Å²) in [4.78, 5) is 25.8. The molecule has 2 fully saturated rings. The number of aliphatic hydroxyl groups is 1. The molecule has 0 radical (unpaired) electrons. The number of benzene rings is 1. The number of nitrogens with zero attached hydrogens (tertiary/aromatic N) is 1. The van der Waals surface area contributed by atoms with E-state index in [1.54, 1.807) is 0 Å². The average molecular weight is 260 g/mol. The third kappa shape index (κ3) is 2.21. The van der Waals surface area contributed by atoms with Gasteiger partial charge in [0.2, 0.25) is 11.8 Å². The third-order valence-electron chi connectivity index (χ3n) is 3.76. The fourth-order valence-electron chi connectivity index (χ4n) is 2.82. The van der Waals surface area contributed by atoms with Gasteiger partial charge in [-0.2, -0.15) is 0 Å². The summed E-state index contributed by atoms with van der Waals surface area (Å²) in [5, 5.41) is 12.4. The first-order valence-corrected chi connectivity index (χ1v) is 6.48. The topological polar surface area (TPSA) is 69.6 Å². The van der Waals surface area contributed by atoms with Crippen molar-refractivity contribution < 1.29 is 14.7 Å². The number of carbonyl (C=O) groups is 2.